The minimum absolute atomic E-state index is 0.209. The van der Waals surface area contributed by atoms with E-state index in [4.69, 9.17) is 0 Å². The molecule has 0 saturated heterocycles. The van der Waals surface area contributed by atoms with Gasteiger partial charge in [0.05, 0.1) is 12.2 Å². The van der Waals surface area contributed by atoms with Crippen molar-refractivity contribution >= 4 is 17.5 Å². The van der Waals surface area contributed by atoms with Crippen LogP contribution in [0.25, 0.3) is 0 Å². The average Bonchev–Trinajstić information content (AvgIpc) is 3.06. The Labute approximate surface area is 182 Å². The zero-order valence-electron chi connectivity index (χ0n) is 18.7. The molecule has 1 aliphatic heterocycles. The number of anilines is 1. The number of rotatable bonds is 4. The number of nitrogens with one attached hydrogen (secondary N) is 1. The molecule has 0 fully saturated rings. The maximum atomic E-state index is 13.6. The van der Waals surface area contributed by atoms with Gasteiger partial charge in [-0.15, -0.1) is 0 Å². The third-order valence-electron chi connectivity index (χ3n) is 5.80. The first-order valence-electron chi connectivity index (χ1n) is 10.5. The van der Waals surface area contributed by atoms with Gasteiger partial charge >= 0.3 is 0 Å². The van der Waals surface area contributed by atoms with E-state index >= 15 is 0 Å². The van der Waals surface area contributed by atoms with Gasteiger partial charge in [0, 0.05) is 12.2 Å². The maximum absolute atomic E-state index is 13.6. The number of fused-ring (bicyclic) bond motifs is 1. The molecular weight excluding hydrogens is 388 g/mol. The molecule has 6 nitrogen and oxygen atoms in total. The fourth-order valence-corrected chi connectivity index (χ4v) is 4.27. The lowest BCUT2D eigenvalue weighted by Gasteiger charge is -2.43. The highest BCUT2D eigenvalue weighted by atomic mass is 16.2. The van der Waals surface area contributed by atoms with Gasteiger partial charge in [0.2, 0.25) is 5.91 Å². The van der Waals surface area contributed by atoms with Gasteiger partial charge in [-0.05, 0) is 69.5 Å². The maximum Gasteiger partial charge on any atom is 0.277 e. The van der Waals surface area contributed by atoms with Gasteiger partial charge in [0.1, 0.15) is 11.2 Å². The quantitative estimate of drug-likeness (QED) is 0.702. The minimum Gasteiger partial charge on any atom is -0.350 e. The summed E-state index contributed by atoms with van der Waals surface area (Å²) in [6.45, 7) is 10.4. The van der Waals surface area contributed by atoms with Crippen LogP contribution in [0.1, 0.15) is 45.4 Å². The topological polar surface area (TPSA) is 67.2 Å². The van der Waals surface area contributed by atoms with Crippen LogP contribution >= 0.6 is 0 Å². The second-order valence-electron chi connectivity index (χ2n) is 8.76. The lowest BCUT2D eigenvalue weighted by atomic mass is 9.93. The highest BCUT2D eigenvalue weighted by Gasteiger charge is 2.48. The number of benzene rings is 2. The molecule has 1 N–H and O–H groups in total. The van der Waals surface area contributed by atoms with Crippen LogP contribution < -0.4 is 10.2 Å². The fraction of sp³-hybridized carbons (Fsp3) is 0.320. The molecule has 6 heteroatoms. The van der Waals surface area contributed by atoms with E-state index in [0.29, 0.717) is 12.2 Å². The van der Waals surface area contributed by atoms with E-state index in [0.717, 1.165) is 28.1 Å². The predicted octanol–water partition coefficient (Wildman–Crippen LogP) is 3.85. The summed E-state index contributed by atoms with van der Waals surface area (Å²) in [4.78, 5) is 28.7. The van der Waals surface area contributed by atoms with Crippen molar-refractivity contribution in [2.24, 2.45) is 0 Å². The van der Waals surface area contributed by atoms with Gasteiger partial charge in [-0.25, -0.2) is 0 Å². The summed E-state index contributed by atoms with van der Waals surface area (Å²) in [6.07, 6.45) is 0. The van der Waals surface area contributed by atoms with E-state index in [1.807, 2.05) is 71.0 Å². The summed E-state index contributed by atoms with van der Waals surface area (Å²) in [5.74, 6) is -0.427. The summed E-state index contributed by atoms with van der Waals surface area (Å²) in [5.41, 5.74) is 5.13. The highest BCUT2D eigenvalue weighted by Crippen LogP contribution is 2.34. The lowest BCUT2D eigenvalue weighted by Crippen LogP contribution is -2.64. The molecule has 0 bridgehead atoms. The van der Waals surface area contributed by atoms with Crippen molar-refractivity contribution < 1.29 is 9.59 Å². The molecule has 31 heavy (non-hydrogen) atoms. The molecule has 3 aromatic rings. The lowest BCUT2D eigenvalue weighted by molar-refractivity contribution is -0.126. The first-order chi connectivity index (χ1) is 14.7. The van der Waals surface area contributed by atoms with Crippen LogP contribution in [-0.4, -0.2) is 27.1 Å². The molecule has 0 saturated carbocycles. The summed E-state index contributed by atoms with van der Waals surface area (Å²) in [5, 5.41) is 7.50. The summed E-state index contributed by atoms with van der Waals surface area (Å²) in [6, 6.07) is 15.8. The van der Waals surface area contributed by atoms with E-state index in [2.05, 4.69) is 16.5 Å². The number of aromatic nitrogens is 2. The smallest absolute Gasteiger partial charge is 0.277 e. The molecule has 0 unspecified atom stereocenters. The van der Waals surface area contributed by atoms with Crippen molar-refractivity contribution in [3.8, 4) is 0 Å². The van der Waals surface area contributed by atoms with Crippen LogP contribution in [0.3, 0.4) is 0 Å². The number of carbonyl (C=O) groups is 2. The molecule has 1 aromatic heterocycles. The van der Waals surface area contributed by atoms with Gasteiger partial charge in [0.15, 0.2) is 0 Å². The van der Waals surface area contributed by atoms with E-state index in [9.17, 15) is 9.59 Å². The molecule has 2 heterocycles. The summed E-state index contributed by atoms with van der Waals surface area (Å²) >= 11 is 0. The predicted molar refractivity (Wildman–Crippen MR) is 121 cm³/mol. The standard InChI is InChI=1S/C25H28N4O2/c1-16-6-8-20(9-7-16)14-26-24(31)25(5)15-28-22(13-19(4)27-28)23(30)29(25)21-11-17(2)10-18(3)12-21/h6-13H,14-15H2,1-5H3,(H,26,31)/t25-/m0/s1. The Kier molecular flexibility index (Phi) is 5.17. The SMILES string of the molecule is Cc1ccc(CNC(=O)[C@]2(C)Cn3nc(C)cc3C(=O)N2c2cc(C)cc(C)c2)cc1. The number of carbonyl (C=O) groups excluding carboxylic acids is 2. The third-order valence-corrected chi connectivity index (χ3v) is 5.80. The van der Waals surface area contributed by atoms with Gasteiger partial charge in [-0.3, -0.25) is 19.2 Å². The molecule has 0 spiro atoms. The van der Waals surface area contributed by atoms with Crippen molar-refractivity contribution in [1.29, 1.82) is 0 Å². The molecule has 1 atom stereocenters. The van der Waals surface area contributed by atoms with Crippen LogP contribution in [-0.2, 0) is 17.9 Å². The second kappa shape index (κ2) is 7.69. The summed E-state index contributed by atoms with van der Waals surface area (Å²) < 4.78 is 1.66. The molecule has 2 aromatic carbocycles. The van der Waals surface area contributed by atoms with Crippen LogP contribution in [0.15, 0.2) is 48.5 Å². The van der Waals surface area contributed by atoms with E-state index in [1.165, 1.54) is 5.56 Å². The van der Waals surface area contributed by atoms with Gasteiger partial charge < -0.3 is 5.32 Å². The minimum atomic E-state index is -1.12. The Balaban J connectivity index is 1.72. The molecule has 2 amide bonds. The molecule has 0 aliphatic carbocycles. The number of hydrogen-bond donors (Lipinski definition) is 1. The largest absolute Gasteiger partial charge is 0.350 e. The zero-order chi connectivity index (χ0) is 22.3. The highest BCUT2D eigenvalue weighted by molar-refractivity contribution is 6.11. The van der Waals surface area contributed by atoms with Crippen molar-refractivity contribution in [1.82, 2.24) is 15.1 Å². The van der Waals surface area contributed by atoms with Gasteiger partial charge in [0.25, 0.3) is 5.91 Å². The second-order valence-corrected chi connectivity index (χ2v) is 8.76. The van der Waals surface area contributed by atoms with Crippen molar-refractivity contribution in [2.75, 3.05) is 4.90 Å². The van der Waals surface area contributed by atoms with E-state index < -0.39 is 5.54 Å². The average molecular weight is 417 g/mol. The number of hydrogen-bond acceptors (Lipinski definition) is 3. The van der Waals surface area contributed by atoms with Crippen molar-refractivity contribution in [3.05, 3.63) is 82.2 Å². The van der Waals surface area contributed by atoms with Crippen LogP contribution in [0.2, 0.25) is 0 Å². The molecule has 4 rings (SSSR count). The first kappa shape index (κ1) is 20.8. The number of nitrogens with zero attached hydrogens (tertiary/aromatic N) is 3. The Morgan fingerprint density at radius 1 is 1.00 bits per heavy atom. The Bertz CT molecular complexity index is 1140. The van der Waals surface area contributed by atoms with Crippen LogP contribution in [0.4, 0.5) is 5.69 Å². The van der Waals surface area contributed by atoms with Crippen molar-refractivity contribution in [3.63, 3.8) is 0 Å². The normalized spacial score (nSPS) is 18.1. The Morgan fingerprint density at radius 2 is 1.65 bits per heavy atom. The molecule has 0 radical (unpaired) electrons. The van der Waals surface area contributed by atoms with E-state index in [1.54, 1.807) is 15.6 Å². The monoisotopic (exact) mass is 416 g/mol. The van der Waals surface area contributed by atoms with E-state index in [-0.39, 0.29) is 18.4 Å². The molecule has 1 aliphatic rings. The Morgan fingerprint density at radius 3 is 2.29 bits per heavy atom. The summed E-state index contributed by atoms with van der Waals surface area (Å²) in [7, 11) is 0. The zero-order valence-corrected chi connectivity index (χ0v) is 18.7. The third kappa shape index (κ3) is 3.85. The van der Waals surface area contributed by atoms with Gasteiger partial charge in [-0.1, -0.05) is 35.9 Å². The van der Waals surface area contributed by atoms with Crippen LogP contribution in [0, 0.1) is 27.7 Å². The number of amides is 2. The fourth-order valence-electron chi connectivity index (χ4n) is 4.27. The first-order valence-corrected chi connectivity index (χ1v) is 10.5. The molecular formula is C25H28N4O2. The molecule has 160 valence electrons. The Hall–Kier alpha value is -3.41. The van der Waals surface area contributed by atoms with Gasteiger partial charge in [-0.2, -0.15) is 5.10 Å². The van der Waals surface area contributed by atoms with Crippen molar-refractivity contribution in [2.45, 2.75) is 53.2 Å². The number of aryl methyl sites for hydroxylation is 4. The van der Waals surface area contributed by atoms with Crippen LogP contribution in [0.5, 0.6) is 0 Å².